The summed E-state index contributed by atoms with van der Waals surface area (Å²) in [7, 11) is 0. The maximum Gasteiger partial charge on any atom is 0.259 e. The molecule has 21 heavy (non-hydrogen) atoms. The molecule has 2 rings (SSSR count). The Balaban J connectivity index is 2.24. The number of rotatable bonds is 4. The minimum atomic E-state index is -0.277. The van der Waals surface area contributed by atoms with Crippen molar-refractivity contribution in [2.24, 2.45) is 0 Å². The molecule has 1 amide bonds. The highest BCUT2D eigenvalue weighted by Gasteiger charge is 2.17. The van der Waals surface area contributed by atoms with Crippen LogP contribution in [0.15, 0.2) is 41.3 Å². The van der Waals surface area contributed by atoms with Gasteiger partial charge in [-0.1, -0.05) is 12.1 Å². The number of hydrogen-bond donors (Lipinski definition) is 2. The first kappa shape index (κ1) is 14.8. The second kappa shape index (κ2) is 6.26. The number of hydrogen-bond acceptors (Lipinski definition) is 3. The molecule has 0 aliphatic carbocycles. The molecule has 0 atom stereocenters. The van der Waals surface area contributed by atoms with Crippen LogP contribution in [-0.4, -0.2) is 22.3 Å². The van der Waals surface area contributed by atoms with Crippen LogP contribution in [0, 0.1) is 6.92 Å². The Hall–Kier alpha value is -2.56. The summed E-state index contributed by atoms with van der Waals surface area (Å²) >= 11 is 0. The molecule has 0 spiro atoms. The molecule has 110 valence electrons. The van der Waals surface area contributed by atoms with Gasteiger partial charge in [0.1, 0.15) is 5.56 Å². The van der Waals surface area contributed by atoms with Crippen molar-refractivity contribution in [3.8, 4) is 0 Å². The summed E-state index contributed by atoms with van der Waals surface area (Å²) in [6.45, 7) is 4.60. The van der Waals surface area contributed by atoms with Crippen LogP contribution < -0.4 is 11.2 Å². The maximum absolute atomic E-state index is 12.5. The topological polar surface area (TPSA) is 79.2 Å². The highest BCUT2D eigenvalue weighted by molar-refractivity contribution is 5.93. The van der Waals surface area contributed by atoms with Gasteiger partial charge in [-0.3, -0.25) is 9.59 Å². The first-order chi connectivity index (χ1) is 10.0. The van der Waals surface area contributed by atoms with Gasteiger partial charge in [0, 0.05) is 36.7 Å². The number of nitrogens with two attached hydrogens (primary N) is 1. The molecule has 0 bridgehead atoms. The fourth-order valence-corrected chi connectivity index (χ4v) is 2.15. The first-order valence-electron chi connectivity index (χ1n) is 6.84. The van der Waals surface area contributed by atoms with E-state index < -0.39 is 0 Å². The monoisotopic (exact) mass is 285 g/mol. The minimum absolute atomic E-state index is 0.159. The molecular formula is C16H19N3O2. The molecule has 0 aliphatic rings. The van der Waals surface area contributed by atoms with Crippen LogP contribution in [0.5, 0.6) is 0 Å². The quantitative estimate of drug-likeness (QED) is 0.842. The smallest absolute Gasteiger partial charge is 0.259 e. The number of aromatic amines is 1. The Bertz CT molecular complexity index is 707. The summed E-state index contributed by atoms with van der Waals surface area (Å²) in [5.74, 6) is -0.277. The van der Waals surface area contributed by atoms with Gasteiger partial charge in [0.25, 0.3) is 5.91 Å². The number of nitrogens with zero attached hydrogens (tertiary/aromatic N) is 1. The maximum atomic E-state index is 12.5. The van der Waals surface area contributed by atoms with Crippen molar-refractivity contribution in [2.45, 2.75) is 20.4 Å². The molecule has 5 heteroatoms. The third-order valence-corrected chi connectivity index (χ3v) is 3.28. The average Bonchev–Trinajstić information content (AvgIpc) is 2.44. The number of nitrogen functional groups attached to an aromatic ring is 1. The predicted molar refractivity (Wildman–Crippen MR) is 83.1 cm³/mol. The molecule has 1 aromatic heterocycles. The van der Waals surface area contributed by atoms with Crippen LogP contribution in [0.2, 0.25) is 0 Å². The summed E-state index contributed by atoms with van der Waals surface area (Å²) in [6.07, 6.45) is 1.47. The molecule has 0 radical (unpaired) electrons. The summed E-state index contributed by atoms with van der Waals surface area (Å²) in [6, 6.07) is 8.82. The fraction of sp³-hybridized carbons (Fsp3) is 0.250. The number of pyridine rings is 1. The van der Waals surface area contributed by atoms with Crippen LogP contribution in [0.4, 0.5) is 5.69 Å². The Morgan fingerprint density at radius 1 is 1.33 bits per heavy atom. The van der Waals surface area contributed by atoms with Gasteiger partial charge in [-0.25, -0.2) is 0 Å². The standard InChI is InChI=1S/C16H19N3O2/c1-3-19(10-12-5-4-6-13(17)8-12)16(21)14-9-18-11(2)7-15(14)20/h4-9H,3,10,17H2,1-2H3,(H,18,20). The zero-order chi connectivity index (χ0) is 15.4. The lowest BCUT2D eigenvalue weighted by Crippen LogP contribution is -2.33. The number of amides is 1. The molecular weight excluding hydrogens is 266 g/mol. The van der Waals surface area contributed by atoms with Gasteiger partial charge < -0.3 is 15.6 Å². The van der Waals surface area contributed by atoms with Crippen molar-refractivity contribution < 1.29 is 4.79 Å². The van der Waals surface area contributed by atoms with Crippen molar-refractivity contribution >= 4 is 11.6 Å². The molecule has 0 unspecified atom stereocenters. The van der Waals surface area contributed by atoms with Gasteiger partial charge in [-0.15, -0.1) is 0 Å². The lowest BCUT2D eigenvalue weighted by Gasteiger charge is -2.21. The number of anilines is 1. The van der Waals surface area contributed by atoms with E-state index in [2.05, 4.69) is 4.98 Å². The summed E-state index contributed by atoms with van der Waals surface area (Å²) in [5.41, 5.74) is 7.97. The second-order valence-electron chi connectivity index (χ2n) is 4.96. The normalized spacial score (nSPS) is 10.4. The number of aromatic nitrogens is 1. The number of nitrogens with one attached hydrogen (secondary N) is 1. The van der Waals surface area contributed by atoms with Gasteiger partial charge in [-0.2, -0.15) is 0 Å². The Morgan fingerprint density at radius 3 is 2.71 bits per heavy atom. The number of benzene rings is 1. The lowest BCUT2D eigenvalue weighted by atomic mass is 10.1. The molecule has 5 nitrogen and oxygen atoms in total. The molecule has 0 saturated heterocycles. The second-order valence-corrected chi connectivity index (χ2v) is 4.96. The third-order valence-electron chi connectivity index (χ3n) is 3.28. The van der Waals surface area contributed by atoms with Crippen molar-refractivity contribution in [3.63, 3.8) is 0 Å². The molecule has 1 aromatic carbocycles. The number of carbonyl (C=O) groups is 1. The van der Waals surface area contributed by atoms with Crippen LogP contribution in [0.1, 0.15) is 28.5 Å². The van der Waals surface area contributed by atoms with Crippen molar-refractivity contribution in [2.75, 3.05) is 12.3 Å². The summed E-state index contributed by atoms with van der Waals surface area (Å²) in [4.78, 5) is 28.9. The zero-order valence-electron chi connectivity index (χ0n) is 12.2. The highest BCUT2D eigenvalue weighted by Crippen LogP contribution is 2.11. The largest absolute Gasteiger partial charge is 0.399 e. The van der Waals surface area contributed by atoms with E-state index in [1.165, 1.54) is 12.3 Å². The molecule has 0 aliphatic heterocycles. The predicted octanol–water partition coefficient (Wildman–Crippen LogP) is 1.93. The Kier molecular flexibility index (Phi) is 4.42. The fourth-order valence-electron chi connectivity index (χ4n) is 2.15. The van der Waals surface area contributed by atoms with E-state index in [1.807, 2.05) is 25.1 Å². The Labute approximate surface area is 123 Å². The zero-order valence-corrected chi connectivity index (χ0v) is 12.2. The average molecular weight is 285 g/mol. The van der Waals surface area contributed by atoms with E-state index in [9.17, 15) is 9.59 Å². The van der Waals surface area contributed by atoms with E-state index >= 15 is 0 Å². The molecule has 1 heterocycles. The molecule has 0 saturated carbocycles. The number of carbonyl (C=O) groups excluding carboxylic acids is 1. The first-order valence-corrected chi connectivity index (χ1v) is 6.84. The van der Waals surface area contributed by atoms with Crippen molar-refractivity contribution in [1.82, 2.24) is 9.88 Å². The minimum Gasteiger partial charge on any atom is -0.399 e. The van der Waals surface area contributed by atoms with Gasteiger partial charge in [-0.05, 0) is 31.5 Å². The van der Waals surface area contributed by atoms with Gasteiger partial charge in [0.15, 0.2) is 5.43 Å². The highest BCUT2D eigenvalue weighted by atomic mass is 16.2. The van der Waals surface area contributed by atoms with Gasteiger partial charge >= 0.3 is 0 Å². The SMILES string of the molecule is CCN(Cc1cccc(N)c1)C(=O)c1c[nH]c(C)cc1=O. The molecule has 3 N–H and O–H groups in total. The Morgan fingerprint density at radius 2 is 2.10 bits per heavy atom. The van der Waals surface area contributed by atoms with Crippen molar-refractivity contribution in [3.05, 3.63) is 63.6 Å². The van der Waals surface area contributed by atoms with Crippen LogP contribution in [-0.2, 0) is 6.54 Å². The third kappa shape index (κ3) is 3.51. The van der Waals surface area contributed by atoms with Crippen LogP contribution >= 0.6 is 0 Å². The van der Waals surface area contributed by atoms with Crippen molar-refractivity contribution in [1.29, 1.82) is 0 Å². The summed E-state index contributed by atoms with van der Waals surface area (Å²) < 4.78 is 0. The van der Waals surface area contributed by atoms with E-state index in [1.54, 1.807) is 17.9 Å². The van der Waals surface area contributed by atoms with Crippen LogP contribution in [0.25, 0.3) is 0 Å². The summed E-state index contributed by atoms with van der Waals surface area (Å²) in [5, 5.41) is 0. The van der Waals surface area contributed by atoms with Gasteiger partial charge in [0.05, 0.1) is 0 Å². The number of aryl methyl sites for hydroxylation is 1. The van der Waals surface area contributed by atoms with E-state index in [0.29, 0.717) is 18.8 Å². The molecule has 0 fully saturated rings. The van der Waals surface area contributed by atoms with E-state index in [4.69, 9.17) is 5.73 Å². The lowest BCUT2D eigenvalue weighted by molar-refractivity contribution is 0.0751. The number of H-pyrrole nitrogens is 1. The molecule has 2 aromatic rings. The van der Waals surface area contributed by atoms with Crippen LogP contribution in [0.3, 0.4) is 0 Å². The van der Waals surface area contributed by atoms with E-state index in [-0.39, 0.29) is 16.9 Å². The van der Waals surface area contributed by atoms with Gasteiger partial charge in [0.2, 0.25) is 0 Å². The van der Waals surface area contributed by atoms with E-state index in [0.717, 1.165) is 11.3 Å².